The quantitative estimate of drug-likeness (QED) is 0.670. The number of anilines is 1. The Balaban J connectivity index is 1.68. The molecule has 0 amide bonds. The number of benzene rings is 1. The van der Waals surface area contributed by atoms with Crippen molar-refractivity contribution in [2.24, 2.45) is 0 Å². The third-order valence-electron chi connectivity index (χ3n) is 4.54. The maximum Gasteiger partial charge on any atom is 0.264 e. The van der Waals surface area contributed by atoms with Gasteiger partial charge in [-0.25, -0.2) is 8.42 Å². The van der Waals surface area contributed by atoms with Crippen LogP contribution in [0.2, 0.25) is 0 Å². The Bertz CT molecular complexity index is 1100. The zero-order chi connectivity index (χ0) is 19.2. The van der Waals surface area contributed by atoms with Crippen molar-refractivity contribution >= 4 is 15.7 Å². The summed E-state index contributed by atoms with van der Waals surface area (Å²) in [5.41, 5.74) is 1.99. The standard InChI is InChI=1S/C18H20N4O4S/c1-10-15(18-21-20-17(26-18)12-7-8-12)19-11(2)16(10)27(23,24)22-13-5-4-6-14(9-13)25-3/h4-6,9,12,19,22H,7-8H2,1-3H3. The number of aryl methyl sites for hydroxylation is 1. The molecule has 4 rings (SSSR count). The summed E-state index contributed by atoms with van der Waals surface area (Å²) in [6.07, 6.45) is 2.10. The second-order valence-corrected chi connectivity index (χ2v) is 8.26. The third-order valence-corrected chi connectivity index (χ3v) is 6.19. The van der Waals surface area contributed by atoms with E-state index >= 15 is 0 Å². The van der Waals surface area contributed by atoms with E-state index in [4.69, 9.17) is 9.15 Å². The molecule has 27 heavy (non-hydrogen) atoms. The SMILES string of the molecule is COc1cccc(NS(=O)(=O)c2c(C)[nH]c(-c3nnc(C4CC4)o3)c2C)c1. The number of nitrogens with one attached hydrogen (secondary N) is 2. The molecule has 9 heteroatoms. The zero-order valence-electron chi connectivity index (χ0n) is 15.2. The number of nitrogens with zero attached hydrogens (tertiary/aromatic N) is 2. The minimum absolute atomic E-state index is 0.173. The van der Waals surface area contributed by atoms with E-state index in [-0.39, 0.29) is 4.90 Å². The van der Waals surface area contributed by atoms with Crippen LogP contribution in [0.5, 0.6) is 5.75 Å². The molecule has 8 nitrogen and oxygen atoms in total. The number of methoxy groups -OCH3 is 1. The van der Waals surface area contributed by atoms with Gasteiger partial charge < -0.3 is 14.1 Å². The molecule has 1 aliphatic rings. The van der Waals surface area contributed by atoms with Crippen LogP contribution in [0.1, 0.15) is 35.9 Å². The predicted octanol–water partition coefficient (Wildman–Crippen LogP) is 3.37. The van der Waals surface area contributed by atoms with Gasteiger partial charge in [0.25, 0.3) is 15.9 Å². The van der Waals surface area contributed by atoms with Gasteiger partial charge in [0.15, 0.2) is 0 Å². The fraction of sp³-hybridized carbons (Fsp3) is 0.333. The van der Waals surface area contributed by atoms with Gasteiger partial charge in [0.2, 0.25) is 5.89 Å². The Morgan fingerprint density at radius 2 is 2.04 bits per heavy atom. The van der Waals surface area contributed by atoms with Crippen LogP contribution in [0.15, 0.2) is 33.6 Å². The lowest BCUT2D eigenvalue weighted by Gasteiger charge is -2.10. The summed E-state index contributed by atoms with van der Waals surface area (Å²) in [6, 6.07) is 6.75. The lowest BCUT2D eigenvalue weighted by atomic mass is 10.2. The van der Waals surface area contributed by atoms with Gasteiger partial charge in [-0.1, -0.05) is 6.07 Å². The lowest BCUT2D eigenvalue weighted by Crippen LogP contribution is -2.14. The number of aromatic amines is 1. The third kappa shape index (κ3) is 3.30. The number of rotatable bonds is 6. The van der Waals surface area contributed by atoms with E-state index in [1.807, 2.05) is 0 Å². The fourth-order valence-electron chi connectivity index (χ4n) is 3.07. The van der Waals surface area contributed by atoms with Crippen LogP contribution in [0, 0.1) is 13.8 Å². The molecule has 2 heterocycles. The number of hydrogen-bond acceptors (Lipinski definition) is 6. The molecule has 1 fully saturated rings. The van der Waals surface area contributed by atoms with E-state index in [0.717, 1.165) is 12.8 Å². The van der Waals surface area contributed by atoms with Gasteiger partial charge >= 0.3 is 0 Å². The first-order chi connectivity index (χ1) is 12.9. The van der Waals surface area contributed by atoms with Crippen LogP contribution in [0.4, 0.5) is 5.69 Å². The molecule has 0 spiro atoms. The lowest BCUT2D eigenvalue weighted by molar-refractivity contribution is 0.415. The number of H-pyrrole nitrogens is 1. The molecule has 3 aromatic rings. The Hall–Kier alpha value is -2.81. The molecule has 2 N–H and O–H groups in total. The molecular formula is C18H20N4O4S. The minimum atomic E-state index is -3.81. The molecule has 1 aromatic carbocycles. The summed E-state index contributed by atoms with van der Waals surface area (Å²) in [5.74, 6) is 1.81. The molecule has 0 aliphatic heterocycles. The van der Waals surface area contributed by atoms with Crippen molar-refractivity contribution in [2.75, 3.05) is 11.8 Å². The number of sulfonamides is 1. The van der Waals surface area contributed by atoms with E-state index in [0.29, 0.717) is 46.1 Å². The highest BCUT2D eigenvalue weighted by atomic mass is 32.2. The van der Waals surface area contributed by atoms with Gasteiger partial charge in [-0.2, -0.15) is 0 Å². The summed E-state index contributed by atoms with van der Waals surface area (Å²) in [6.45, 7) is 3.43. The number of aromatic nitrogens is 3. The van der Waals surface area contributed by atoms with Crippen molar-refractivity contribution in [2.45, 2.75) is 37.5 Å². The molecule has 0 radical (unpaired) electrons. The second-order valence-electron chi connectivity index (χ2n) is 6.64. The van der Waals surface area contributed by atoms with Gasteiger partial charge in [0, 0.05) is 23.2 Å². The first-order valence-corrected chi connectivity index (χ1v) is 10.1. The monoisotopic (exact) mass is 388 g/mol. The average Bonchev–Trinajstić information content (AvgIpc) is 3.27. The highest BCUT2D eigenvalue weighted by Gasteiger charge is 2.31. The summed E-state index contributed by atoms with van der Waals surface area (Å²) < 4.78 is 39.4. The van der Waals surface area contributed by atoms with Gasteiger partial charge in [-0.05, 0) is 38.8 Å². The van der Waals surface area contributed by atoms with E-state index in [9.17, 15) is 8.42 Å². The largest absolute Gasteiger partial charge is 0.497 e. The normalized spacial score (nSPS) is 14.3. The minimum Gasteiger partial charge on any atom is -0.497 e. The number of ether oxygens (including phenoxy) is 1. The first-order valence-electron chi connectivity index (χ1n) is 8.59. The van der Waals surface area contributed by atoms with Crippen molar-refractivity contribution in [1.29, 1.82) is 0 Å². The van der Waals surface area contributed by atoms with Gasteiger partial charge in [-0.3, -0.25) is 4.72 Å². The van der Waals surface area contributed by atoms with Crippen LogP contribution in [0.25, 0.3) is 11.6 Å². The van der Waals surface area contributed by atoms with Crippen LogP contribution in [-0.4, -0.2) is 30.7 Å². The summed E-state index contributed by atoms with van der Waals surface area (Å²) in [4.78, 5) is 3.25. The van der Waals surface area contributed by atoms with Gasteiger partial charge in [0.05, 0.1) is 12.8 Å². The van der Waals surface area contributed by atoms with Crippen molar-refractivity contribution in [3.8, 4) is 17.3 Å². The van der Waals surface area contributed by atoms with Gasteiger partial charge in [0.1, 0.15) is 16.3 Å². The number of hydrogen-bond donors (Lipinski definition) is 2. The van der Waals surface area contributed by atoms with Crippen LogP contribution in [-0.2, 0) is 10.0 Å². The zero-order valence-corrected chi connectivity index (χ0v) is 16.1. The Morgan fingerprint density at radius 1 is 1.26 bits per heavy atom. The molecule has 0 bridgehead atoms. The van der Waals surface area contributed by atoms with Crippen LogP contribution < -0.4 is 9.46 Å². The summed E-state index contributed by atoms with van der Waals surface area (Å²) in [7, 11) is -2.28. The van der Waals surface area contributed by atoms with Crippen molar-refractivity contribution < 1.29 is 17.6 Å². The molecule has 2 aromatic heterocycles. The van der Waals surface area contributed by atoms with E-state index < -0.39 is 10.0 Å². The van der Waals surface area contributed by atoms with Crippen molar-refractivity contribution in [3.63, 3.8) is 0 Å². The first kappa shape index (κ1) is 17.6. The Kier molecular flexibility index (Phi) is 4.18. The predicted molar refractivity (Wildman–Crippen MR) is 99.3 cm³/mol. The average molecular weight is 388 g/mol. The maximum atomic E-state index is 13.0. The van der Waals surface area contributed by atoms with E-state index in [1.165, 1.54) is 7.11 Å². The van der Waals surface area contributed by atoms with Crippen molar-refractivity contribution in [3.05, 3.63) is 41.4 Å². The Morgan fingerprint density at radius 3 is 2.74 bits per heavy atom. The van der Waals surface area contributed by atoms with Crippen molar-refractivity contribution in [1.82, 2.24) is 15.2 Å². The molecule has 1 aliphatic carbocycles. The highest BCUT2D eigenvalue weighted by molar-refractivity contribution is 7.92. The fourth-order valence-corrected chi connectivity index (χ4v) is 4.57. The second kappa shape index (κ2) is 6.41. The van der Waals surface area contributed by atoms with E-state index in [1.54, 1.807) is 38.1 Å². The van der Waals surface area contributed by atoms with Gasteiger partial charge in [-0.15, -0.1) is 10.2 Å². The molecule has 0 unspecified atom stereocenters. The summed E-state index contributed by atoms with van der Waals surface area (Å²) in [5, 5.41) is 8.14. The molecular weight excluding hydrogens is 368 g/mol. The highest BCUT2D eigenvalue weighted by Crippen LogP contribution is 2.40. The van der Waals surface area contributed by atoms with Crippen LogP contribution >= 0.6 is 0 Å². The van der Waals surface area contributed by atoms with Crippen LogP contribution in [0.3, 0.4) is 0 Å². The topological polar surface area (TPSA) is 110 Å². The molecule has 0 saturated heterocycles. The smallest absolute Gasteiger partial charge is 0.264 e. The molecule has 1 saturated carbocycles. The maximum absolute atomic E-state index is 13.0. The molecule has 142 valence electrons. The summed E-state index contributed by atoms with van der Waals surface area (Å²) >= 11 is 0. The Labute approximate surface area is 157 Å². The molecule has 0 atom stereocenters. The van der Waals surface area contributed by atoms with E-state index in [2.05, 4.69) is 19.9 Å².